The maximum Gasteiger partial charge on any atom is 0.228 e. The molecule has 2 rings (SSSR count). The highest BCUT2D eigenvalue weighted by Crippen LogP contribution is 2.24. The van der Waals surface area contributed by atoms with Gasteiger partial charge in [0.25, 0.3) is 0 Å². The van der Waals surface area contributed by atoms with Crippen LogP contribution in [-0.2, 0) is 6.42 Å². The van der Waals surface area contributed by atoms with Crippen LogP contribution in [0.3, 0.4) is 0 Å². The standard InChI is InChI=1S/C13H10BrClO2/c1-2-9-4-6-12(17-9)13(16)8-3-5-10(14)11(15)7-8/h3-7H,2H2,1H3. The van der Waals surface area contributed by atoms with Crippen molar-refractivity contribution in [2.75, 3.05) is 0 Å². The van der Waals surface area contributed by atoms with Crippen molar-refractivity contribution in [3.8, 4) is 0 Å². The van der Waals surface area contributed by atoms with Crippen molar-refractivity contribution in [3.05, 3.63) is 56.9 Å². The van der Waals surface area contributed by atoms with Gasteiger partial charge in [0.15, 0.2) is 5.76 Å². The smallest absolute Gasteiger partial charge is 0.228 e. The van der Waals surface area contributed by atoms with Gasteiger partial charge in [-0.25, -0.2) is 0 Å². The number of benzene rings is 1. The van der Waals surface area contributed by atoms with Crippen molar-refractivity contribution in [3.63, 3.8) is 0 Å². The van der Waals surface area contributed by atoms with E-state index in [1.165, 1.54) is 0 Å². The molecule has 0 amide bonds. The first-order valence-electron chi connectivity index (χ1n) is 5.20. The molecular formula is C13H10BrClO2. The van der Waals surface area contributed by atoms with E-state index < -0.39 is 0 Å². The van der Waals surface area contributed by atoms with Crippen molar-refractivity contribution in [1.29, 1.82) is 0 Å². The highest BCUT2D eigenvalue weighted by atomic mass is 79.9. The van der Waals surface area contributed by atoms with Crippen molar-refractivity contribution >= 4 is 33.3 Å². The van der Waals surface area contributed by atoms with Crippen LogP contribution in [0.4, 0.5) is 0 Å². The Bertz CT molecular complexity index is 560. The molecule has 88 valence electrons. The van der Waals surface area contributed by atoms with Gasteiger partial charge in [-0.05, 0) is 46.3 Å². The Morgan fingerprint density at radius 3 is 2.71 bits per heavy atom. The predicted molar refractivity (Wildman–Crippen MR) is 70.7 cm³/mol. The quantitative estimate of drug-likeness (QED) is 0.782. The van der Waals surface area contributed by atoms with E-state index in [1.54, 1.807) is 24.3 Å². The van der Waals surface area contributed by atoms with Crippen LogP contribution in [0.25, 0.3) is 0 Å². The molecule has 2 nitrogen and oxygen atoms in total. The zero-order valence-corrected chi connectivity index (χ0v) is 11.5. The van der Waals surface area contributed by atoms with E-state index in [9.17, 15) is 4.79 Å². The minimum absolute atomic E-state index is 0.154. The lowest BCUT2D eigenvalue weighted by atomic mass is 10.1. The number of furan rings is 1. The highest BCUT2D eigenvalue weighted by molar-refractivity contribution is 9.10. The third kappa shape index (κ3) is 2.61. The Morgan fingerprint density at radius 1 is 1.35 bits per heavy atom. The molecule has 4 heteroatoms. The largest absolute Gasteiger partial charge is 0.458 e. The van der Waals surface area contributed by atoms with Gasteiger partial charge >= 0.3 is 0 Å². The summed E-state index contributed by atoms with van der Waals surface area (Å²) in [5.74, 6) is 0.996. The number of rotatable bonds is 3. The number of carbonyl (C=O) groups excluding carboxylic acids is 1. The molecule has 0 atom stereocenters. The number of ketones is 1. The third-order valence-electron chi connectivity index (χ3n) is 2.42. The average molecular weight is 314 g/mol. The van der Waals surface area contributed by atoms with Crippen LogP contribution in [0.2, 0.25) is 5.02 Å². The maximum atomic E-state index is 12.1. The molecule has 0 spiro atoms. The first-order valence-corrected chi connectivity index (χ1v) is 6.37. The second-order valence-corrected chi connectivity index (χ2v) is 4.84. The molecule has 0 aliphatic carbocycles. The molecule has 0 saturated heterocycles. The molecular weight excluding hydrogens is 303 g/mol. The van der Waals surface area contributed by atoms with Crippen molar-refractivity contribution < 1.29 is 9.21 Å². The van der Waals surface area contributed by atoms with Gasteiger partial charge in [0.2, 0.25) is 5.78 Å². The molecule has 0 fully saturated rings. The molecule has 0 aliphatic heterocycles. The normalized spacial score (nSPS) is 10.5. The van der Waals surface area contributed by atoms with E-state index in [0.717, 1.165) is 16.7 Å². The van der Waals surface area contributed by atoms with Crippen LogP contribution in [0.1, 0.15) is 28.8 Å². The van der Waals surface area contributed by atoms with Crippen LogP contribution in [0.15, 0.2) is 39.2 Å². The van der Waals surface area contributed by atoms with Gasteiger partial charge in [-0.15, -0.1) is 0 Å². The van der Waals surface area contributed by atoms with E-state index >= 15 is 0 Å². The lowest BCUT2D eigenvalue weighted by molar-refractivity contribution is 0.101. The van der Waals surface area contributed by atoms with E-state index in [4.69, 9.17) is 16.0 Å². The molecule has 17 heavy (non-hydrogen) atoms. The summed E-state index contributed by atoms with van der Waals surface area (Å²) >= 11 is 9.23. The number of halogens is 2. The summed E-state index contributed by atoms with van der Waals surface area (Å²) in [5.41, 5.74) is 0.523. The number of carbonyl (C=O) groups is 1. The second kappa shape index (κ2) is 5.07. The zero-order chi connectivity index (χ0) is 12.4. The Balaban J connectivity index is 2.33. The van der Waals surface area contributed by atoms with Crippen LogP contribution in [0, 0.1) is 0 Å². The molecule has 0 aliphatic rings. The Hall–Kier alpha value is -1.06. The van der Waals surface area contributed by atoms with Gasteiger partial charge in [0.1, 0.15) is 5.76 Å². The number of hydrogen-bond donors (Lipinski definition) is 0. The SMILES string of the molecule is CCc1ccc(C(=O)c2ccc(Br)c(Cl)c2)o1. The van der Waals surface area contributed by atoms with E-state index in [-0.39, 0.29) is 5.78 Å². The van der Waals surface area contributed by atoms with E-state index in [1.807, 2.05) is 13.0 Å². The van der Waals surface area contributed by atoms with E-state index in [0.29, 0.717) is 16.3 Å². The molecule has 0 unspecified atom stereocenters. The highest BCUT2D eigenvalue weighted by Gasteiger charge is 2.14. The minimum Gasteiger partial charge on any atom is -0.458 e. The molecule has 1 heterocycles. The zero-order valence-electron chi connectivity index (χ0n) is 9.17. The summed E-state index contributed by atoms with van der Waals surface area (Å²) in [4.78, 5) is 12.1. The fourth-order valence-corrected chi connectivity index (χ4v) is 1.90. The van der Waals surface area contributed by atoms with Crippen LogP contribution in [0.5, 0.6) is 0 Å². The molecule has 0 radical (unpaired) electrons. The molecule has 1 aromatic carbocycles. The molecule has 0 N–H and O–H groups in total. The van der Waals surface area contributed by atoms with Gasteiger partial charge in [-0.1, -0.05) is 18.5 Å². The van der Waals surface area contributed by atoms with E-state index in [2.05, 4.69) is 15.9 Å². The molecule has 0 bridgehead atoms. The number of hydrogen-bond acceptors (Lipinski definition) is 2. The van der Waals surface area contributed by atoms with Crippen molar-refractivity contribution in [2.24, 2.45) is 0 Å². The van der Waals surface area contributed by atoms with Gasteiger partial charge in [0, 0.05) is 16.5 Å². The lowest BCUT2D eigenvalue weighted by Crippen LogP contribution is -1.99. The Kier molecular flexibility index (Phi) is 3.69. The third-order valence-corrected chi connectivity index (χ3v) is 3.65. The summed E-state index contributed by atoms with van der Waals surface area (Å²) < 4.78 is 6.18. The maximum absolute atomic E-state index is 12.1. The van der Waals surface area contributed by atoms with Crippen molar-refractivity contribution in [1.82, 2.24) is 0 Å². The van der Waals surface area contributed by atoms with Crippen LogP contribution >= 0.6 is 27.5 Å². The second-order valence-electron chi connectivity index (χ2n) is 3.58. The van der Waals surface area contributed by atoms with Gasteiger partial charge in [-0.2, -0.15) is 0 Å². The summed E-state index contributed by atoms with van der Waals surface area (Å²) in [6.07, 6.45) is 0.772. The monoisotopic (exact) mass is 312 g/mol. The molecule has 1 aromatic heterocycles. The first-order chi connectivity index (χ1) is 8.11. The van der Waals surface area contributed by atoms with Crippen molar-refractivity contribution in [2.45, 2.75) is 13.3 Å². The van der Waals surface area contributed by atoms with Crippen LogP contribution in [-0.4, -0.2) is 5.78 Å². The lowest BCUT2D eigenvalue weighted by Gasteiger charge is -2.00. The summed E-state index contributed by atoms with van der Waals surface area (Å²) in [5, 5.41) is 0.512. The minimum atomic E-state index is -0.154. The van der Waals surface area contributed by atoms with Gasteiger partial charge in [-0.3, -0.25) is 4.79 Å². The molecule has 0 saturated carbocycles. The number of aryl methyl sites for hydroxylation is 1. The fraction of sp³-hybridized carbons (Fsp3) is 0.154. The summed E-state index contributed by atoms with van der Waals surface area (Å²) in [6, 6.07) is 8.60. The average Bonchev–Trinajstić information content (AvgIpc) is 2.80. The molecule has 2 aromatic rings. The fourth-order valence-electron chi connectivity index (χ4n) is 1.47. The predicted octanol–water partition coefficient (Wildman–Crippen LogP) is 4.49. The summed E-state index contributed by atoms with van der Waals surface area (Å²) in [7, 11) is 0. The Labute approximate surface area is 113 Å². The first kappa shape index (κ1) is 12.4. The summed E-state index contributed by atoms with van der Waals surface area (Å²) in [6.45, 7) is 1.98. The van der Waals surface area contributed by atoms with Crippen LogP contribution < -0.4 is 0 Å². The topological polar surface area (TPSA) is 30.2 Å². The van der Waals surface area contributed by atoms with Gasteiger partial charge in [0.05, 0.1) is 5.02 Å². The Morgan fingerprint density at radius 2 is 2.12 bits per heavy atom. The van der Waals surface area contributed by atoms with Gasteiger partial charge < -0.3 is 4.42 Å².